The van der Waals surface area contributed by atoms with Crippen molar-refractivity contribution in [3.05, 3.63) is 68.7 Å². The van der Waals surface area contributed by atoms with Gasteiger partial charge < -0.3 is 29.7 Å². The smallest absolute Gasteiger partial charge is 0.301 e. The van der Waals surface area contributed by atoms with Gasteiger partial charge in [-0.3, -0.25) is 24.4 Å². The fraction of sp³-hybridized carbons (Fsp3) is 0.500. The molecule has 1 aliphatic carbocycles. The third-order valence-corrected chi connectivity index (χ3v) is 14.0. The number of amides is 2. The third-order valence-electron chi connectivity index (χ3n) is 13.7. The molecule has 2 aromatic carbocycles. The molecule has 1 unspecified atom stereocenters. The molecule has 64 heavy (non-hydrogen) atoms. The van der Waals surface area contributed by atoms with E-state index in [1.54, 1.807) is 16.6 Å². The summed E-state index contributed by atoms with van der Waals surface area (Å²) >= 11 is 6.50. The zero-order valence-corrected chi connectivity index (χ0v) is 35.8. The van der Waals surface area contributed by atoms with E-state index in [2.05, 4.69) is 35.9 Å². The van der Waals surface area contributed by atoms with E-state index in [0.717, 1.165) is 10.6 Å². The number of anilines is 4. The second-order valence-electron chi connectivity index (χ2n) is 17.9. The number of halogens is 6. The highest BCUT2D eigenvalue weighted by molar-refractivity contribution is 6.33. The summed E-state index contributed by atoms with van der Waals surface area (Å²) in [6, 6.07) is 4.54. The lowest BCUT2D eigenvalue weighted by Crippen LogP contribution is -2.47. The molecule has 0 radical (unpaired) electrons. The molecular formula is C44H46ClF5N10O4. The molecule has 2 amide bonds. The Hall–Kier alpha value is -5.56. The fourth-order valence-electron chi connectivity index (χ4n) is 9.99. The van der Waals surface area contributed by atoms with E-state index in [9.17, 15) is 14.4 Å². The first-order valence-corrected chi connectivity index (χ1v) is 22.1. The topological polar surface area (TPSA) is 152 Å². The summed E-state index contributed by atoms with van der Waals surface area (Å²) in [5.74, 6) is -6.40. The van der Waals surface area contributed by atoms with Crippen molar-refractivity contribution in [3.63, 3.8) is 0 Å². The molecular weight excluding hydrogens is 863 g/mol. The fourth-order valence-corrected chi connectivity index (χ4v) is 10.1. The second kappa shape index (κ2) is 16.2. The van der Waals surface area contributed by atoms with Crippen molar-refractivity contribution in [3.8, 4) is 5.75 Å². The van der Waals surface area contributed by atoms with Gasteiger partial charge in [0.15, 0.2) is 12.4 Å². The Labute approximate surface area is 368 Å². The average molecular weight is 909 g/mol. The number of hydrogen-bond donors (Lipinski definition) is 3. The monoisotopic (exact) mass is 908 g/mol. The van der Waals surface area contributed by atoms with Gasteiger partial charge in [-0.05, 0) is 87.2 Å². The van der Waals surface area contributed by atoms with Crippen molar-refractivity contribution >= 4 is 68.4 Å². The molecule has 0 spiro atoms. The Kier molecular flexibility index (Phi) is 10.7. The molecule has 7 heterocycles. The number of alkyl halides is 3. The predicted octanol–water partition coefficient (Wildman–Crippen LogP) is 6.67. The summed E-state index contributed by atoms with van der Waals surface area (Å²) in [5.41, 5.74) is 1.22. The number of aryl methyl sites for hydroxylation is 2. The average Bonchev–Trinajstić information content (AvgIpc) is 4.07. The van der Waals surface area contributed by atoms with Crippen LogP contribution in [0.3, 0.4) is 0 Å². The highest BCUT2D eigenvalue weighted by Crippen LogP contribution is 2.46. The highest BCUT2D eigenvalue weighted by atomic mass is 35.5. The van der Waals surface area contributed by atoms with Crippen LogP contribution in [0.25, 0.3) is 21.8 Å². The van der Waals surface area contributed by atoms with Gasteiger partial charge in [0.2, 0.25) is 23.5 Å². The van der Waals surface area contributed by atoms with Crippen LogP contribution >= 0.6 is 11.6 Å². The summed E-state index contributed by atoms with van der Waals surface area (Å²) in [5, 5.41) is 13.6. The molecule has 4 fully saturated rings. The van der Waals surface area contributed by atoms with Crippen molar-refractivity contribution in [1.82, 2.24) is 34.5 Å². The van der Waals surface area contributed by atoms with Crippen LogP contribution in [-0.2, 0) is 23.7 Å². The van der Waals surface area contributed by atoms with Gasteiger partial charge in [-0.15, -0.1) is 0 Å². The first-order chi connectivity index (χ1) is 30.6. The quantitative estimate of drug-likeness (QED) is 0.113. The Morgan fingerprint density at radius 2 is 1.73 bits per heavy atom. The number of carbonyl (C=O) groups is 2. The molecule has 0 bridgehead atoms. The lowest BCUT2D eigenvalue weighted by Gasteiger charge is -2.39. The SMILES string of the molecule is Cn1nc(C2CCC(=O)NC2=O)c2cc(F)c(C3CCN(C[C@H]4CCN(c5ncc(Cl)c(Nc6cc7c8c(c(=O)n(C)c7cc6F)OCC(F)(F)[C@H](C6CC6)N8)n5)C[C@H]4F)CC3)cc21. The number of likely N-dealkylation sites (tertiary alicyclic amines) is 1. The number of benzene rings is 2. The molecule has 3 N–H and O–H groups in total. The standard InChI is InChI=1S/C44H46ClF5N10O4/c1-57-33-16-30(47)32(14-27(33)37-38(42(57)63)64-20-44(49,50)39(54-37)22-3-4-22)52-40-28(45)17-51-43(55-40)60-12-9-23(31(48)19-60)18-59-10-7-21(8-11-59)25-15-34-26(13-29(25)46)36(56-58(34)2)24-5-6-35(61)53-41(24)62/h13-17,21-24,31,39,54H,3-12,18-20H2,1-2H3,(H,51,52,55)(H,53,61,62)/t23-,24?,31-,39+/m1/s1. The Bertz CT molecular complexity index is 2780. The molecule has 10 rings (SSSR count). The van der Waals surface area contributed by atoms with Gasteiger partial charge in [0.05, 0.1) is 52.8 Å². The minimum atomic E-state index is -3.25. The van der Waals surface area contributed by atoms with Crippen LogP contribution < -0.4 is 31.1 Å². The van der Waals surface area contributed by atoms with Gasteiger partial charge in [-0.1, -0.05) is 11.6 Å². The van der Waals surface area contributed by atoms with E-state index in [1.165, 1.54) is 25.4 Å². The van der Waals surface area contributed by atoms with Gasteiger partial charge in [0, 0.05) is 56.4 Å². The minimum Gasteiger partial charge on any atom is -0.480 e. The largest absolute Gasteiger partial charge is 0.480 e. The number of rotatable bonds is 8. The van der Waals surface area contributed by atoms with Crippen LogP contribution in [0.1, 0.15) is 68.0 Å². The molecule has 338 valence electrons. The molecule has 4 aliphatic heterocycles. The maximum absolute atomic E-state index is 16.0. The lowest BCUT2D eigenvalue weighted by atomic mass is 9.86. The Balaban J connectivity index is 0.794. The number of imide groups is 1. The minimum absolute atomic E-state index is 0.0158. The maximum atomic E-state index is 16.0. The number of pyridine rings is 1. The molecule has 4 atom stereocenters. The number of piperidine rings is 3. The highest BCUT2D eigenvalue weighted by Gasteiger charge is 2.51. The van der Waals surface area contributed by atoms with Crippen molar-refractivity contribution in [1.29, 1.82) is 0 Å². The predicted molar refractivity (Wildman–Crippen MR) is 229 cm³/mol. The van der Waals surface area contributed by atoms with Crippen molar-refractivity contribution in [2.45, 2.75) is 74.9 Å². The molecule has 3 aromatic heterocycles. The van der Waals surface area contributed by atoms with Crippen LogP contribution in [0.2, 0.25) is 5.02 Å². The molecule has 3 saturated heterocycles. The van der Waals surface area contributed by atoms with Crippen LogP contribution in [0.5, 0.6) is 5.75 Å². The van der Waals surface area contributed by atoms with Gasteiger partial charge in [0.25, 0.3) is 5.56 Å². The van der Waals surface area contributed by atoms with Crippen LogP contribution in [0.15, 0.2) is 35.3 Å². The van der Waals surface area contributed by atoms with E-state index in [-0.39, 0.29) is 87.3 Å². The molecule has 20 heteroatoms. The summed E-state index contributed by atoms with van der Waals surface area (Å²) < 4.78 is 86.1. The summed E-state index contributed by atoms with van der Waals surface area (Å²) in [7, 11) is 3.17. The van der Waals surface area contributed by atoms with E-state index in [0.29, 0.717) is 86.9 Å². The summed E-state index contributed by atoms with van der Waals surface area (Å²) in [6.07, 6.45) is 3.74. The van der Waals surface area contributed by atoms with Crippen molar-refractivity contribution in [2.24, 2.45) is 25.9 Å². The lowest BCUT2D eigenvalue weighted by molar-refractivity contribution is -0.134. The van der Waals surface area contributed by atoms with Gasteiger partial charge >= 0.3 is 5.92 Å². The number of fused-ring (bicyclic) bond motifs is 4. The molecule has 14 nitrogen and oxygen atoms in total. The zero-order valence-electron chi connectivity index (χ0n) is 35.1. The van der Waals surface area contributed by atoms with Crippen LogP contribution in [-0.4, -0.2) is 98.5 Å². The first-order valence-electron chi connectivity index (χ1n) is 21.7. The van der Waals surface area contributed by atoms with E-state index in [4.69, 9.17) is 16.3 Å². The number of nitrogens with one attached hydrogen (secondary N) is 3. The van der Waals surface area contributed by atoms with E-state index >= 15 is 22.0 Å². The van der Waals surface area contributed by atoms with Crippen LogP contribution in [0.4, 0.5) is 45.1 Å². The van der Waals surface area contributed by atoms with Gasteiger partial charge in [-0.25, -0.2) is 26.9 Å². The Morgan fingerprint density at radius 1 is 0.953 bits per heavy atom. The summed E-state index contributed by atoms with van der Waals surface area (Å²) in [4.78, 5) is 50.4. The van der Waals surface area contributed by atoms with Crippen molar-refractivity contribution < 1.29 is 36.3 Å². The zero-order chi connectivity index (χ0) is 44.8. The molecule has 5 aliphatic rings. The number of aromatic nitrogens is 5. The van der Waals surface area contributed by atoms with Crippen molar-refractivity contribution in [2.75, 3.05) is 54.9 Å². The normalized spacial score (nSPS) is 24.3. The Morgan fingerprint density at radius 3 is 2.47 bits per heavy atom. The number of hydrogen-bond acceptors (Lipinski definition) is 11. The first kappa shape index (κ1) is 42.4. The maximum Gasteiger partial charge on any atom is 0.301 e. The summed E-state index contributed by atoms with van der Waals surface area (Å²) in [6.45, 7) is 1.36. The molecule has 1 saturated carbocycles. The van der Waals surface area contributed by atoms with E-state index < -0.39 is 47.9 Å². The molecule has 5 aromatic rings. The number of carbonyl (C=O) groups excluding carboxylic acids is 2. The van der Waals surface area contributed by atoms with Crippen LogP contribution in [0, 0.1) is 23.5 Å². The van der Waals surface area contributed by atoms with Gasteiger partial charge in [0.1, 0.15) is 22.8 Å². The van der Waals surface area contributed by atoms with Gasteiger partial charge in [-0.2, -0.15) is 10.1 Å². The number of nitrogens with zero attached hydrogens (tertiary/aromatic N) is 7. The van der Waals surface area contributed by atoms with E-state index in [1.807, 2.05) is 6.07 Å². The second-order valence-corrected chi connectivity index (χ2v) is 18.3. The number of ether oxygens (including phenoxy) is 1. The third kappa shape index (κ3) is 7.66.